The van der Waals surface area contributed by atoms with Crippen LogP contribution in [0.15, 0.2) is 48.5 Å². The monoisotopic (exact) mass is 472 g/mol. The van der Waals surface area contributed by atoms with Gasteiger partial charge in [0.2, 0.25) is 11.8 Å². The van der Waals surface area contributed by atoms with Crippen molar-refractivity contribution in [2.24, 2.45) is 0 Å². The van der Waals surface area contributed by atoms with Crippen molar-refractivity contribution in [3.8, 4) is 5.75 Å². The molecule has 2 aromatic carbocycles. The lowest BCUT2D eigenvalue weighted by atomic mass is 10.2. The molecule has 0 radical (unpaired) electrons. The second-order valence-electron chi connectivity index (χ2n) is 6.78. The number of hydrogen-bond acceptors (Lipinski definition) is 5. The molecule has 2 N–H and O–H groups in total. The van der Waals surface area contributed by atoms with E-state index in [1.807, 2.05) is 6.92 Å². The highest BCUT2D eigenvalue weighted by molar-refractivity contribution is 7.93. The van der Waals surface area contributed by atoms with Gasteiger partial charge in [-0.2, -0.15) is 13.2 Å². The molecule has 11 heteroatoms. The van der Waals surface area contributed by atoms with E-state index in [1.54, 1.807) is 12.1 Å². The van der Waals surface area contributed by atoms with E-state index in [1.165, 1.54) is 25.1 Å². The first-order valence-corrected chi connectivity index (χ1v) is 11.4. The van der Waals surface area contributed by atoms with E-state index >= 15 is 0 Å². The maximum Gasteiger partial charge on any atom is 0.416 e. The quantitative estimate of drug-likeness (QED) is 0.577. The van der Waals surface area contributed by atoms with Crippen molar-refractivity contribution in [3.05, 3.63) is 54.1 Å². The third-order valence-electron chi connectivity index (χ3n) is 4.34. The normalized spacial score (nSPS) is 12.7. The number of amides is 2. The molecule has 7 nitrogen and oxygen atoms in total. The van der Waals surface area contributed by atoms with Crippen LogP contribution in [0.5, 0.6) is 5.75 Å². The molecule has 0 spiro atoms. The Morgan fingerprint density at radius 1 is 1.00 bits per heavy atom. The fourth-order valence-corrected chi connectivity index (χ4v) is 4.41. The average molecular weight is 472 g/mol. The minimum Gasteiger partial charge on any atom is -0.494 e. The third-order valence-corrected chi connectivity index (χ3v) is 6.41. The van der Waals surface area contributed by atoms with Crippen LogP contribution in [-0.4, -0.2) is 37.8 Å². The van der Waals surface area contributed by atoms with Crippen molar-refractivity contribution < 1.29 is 35.9 Å². The number of carbonyl (C=O) groups is 2. The lowest BCUT2D eigenvalue weighted by Crippen LogP contribution is -2.39. The summed E-state index contributed by atoms with van der Waals surface area (Å²) >= 11 is 0. The van der Waals surface area contributed by atoms with Crippen molar-refractivity contribution >= 4 is 33.0 Å². The summed E-state index contributed by atoms with van der Waals surface area (Å²) in [5.41, 5.74) is -0.839. The number of sulfone groups is 1. The summed E-state index contributed by atoms with van der Waals surface area (Å²) in [5.74, 6) is -2.25. The Morgan fingerprint density at radius 2 is 1.66 bits per heavy atom. The number of rotatable bonds is 9. The van der Waals surface area contributed by atoms with Gasteiger partial charge in [-0.15, -0.1) is 0 Å². The number of alkyl halides is 3. The summed E-state index contributed by atoms with van der Waals surface area (Å²) in [7, 11) is -4.24. The second kappa shape index (κ2) is 10.5. The number of anilines is 2. The number of halogens is 3. The van der Waals surface area contributed by atoms with Crippen LogP contribution in [0.1, 0.15) is 25.8 Å². The second-order valence-corrected chi connectivity index (χ2v) is 8.96. The summed E-state index contributed by atoms with van der Waals surface area (Å²) in [5, 5.41) is 3.01. The van der Waals surface area contributed by atoms with E-state index in [9.17, 15) is 31.2 Å². The van der Waals surface area contributed by atoms with Gasteiger partial charge in [0.1, 0.15) is 16.8 Å². The Bertz CT molecular complexity index is 1050. The van der Waals surface area contributed by atoms with Gasteiger partial charge in [0, 0.05) is 11.4 Å². The summed E-state index contributed by atoms with van der Waals surface area (Å²) < 4.78 is 69.1. The fourth-order valence-electron chi connectivity index (χ4n) is 2.88. The van der Waals surface area contributed by atoms with Crippen LogP contribution in [0.2, 0.25) is 0 Å². The molecule has 0 fully saturated rings. The van der Waals surface area contributed by atoms with Crippen LogP contribution >= 0.6 is 0 Å². The first kappa shape index (κ1) is 25.2. The number of benzene rings is 2. The molecule has 2 aromatic rings. The molecule has 0 aliphatic carbocycles. The highest BCUT2D eigenvalue weighted by Crippen LogP contribution is 2.30. The molecule has 0 bridgehead atoms. The maximum atomic E-state index is 12.8. The van der Waals surface area contributed by atoms with Gasteiger partial charge in [0.25, 0.3) is 0 Å². The number of carbonyl (C=O) groups excluding carboxylic acids is 2. The van der Waals surface area contributed by atoms with E-state index in [2.05, 4.69) is 10.6 Å². The molecular formula is C21H23F3N2O5S. The van der Waals surface area contributed by atoms with E-state index in [4.69, 9.17) is 4.74 Å². The van der Waals surface area contributed by atoms with Crippen LogP contribution in [0.3, 0.4) is 0 Å². The van der Waals surface area contributed by atoms with E-state index in [0.717, 1.165) is 12.1 Å². The van der Waals surface area contributed by atoms with E-state index < -0.39 is 44.4 Å². The van der Waals surface area contributed by atoms with Crippen molar-refractivity contribution in [3.63, 3.8) is 0 Å². The molecule has 0 aliphatic heterocycles. The molecule has 1 atom stereocenters. The van der Waals surface area contributed by atoms with Gasteiger partial charge in [0.05, 0.1) is 12.2 Å². The minimum absolute atomic E-state index is 0.163. The molecule has 174 valence electrons. The largest absolute Gasteiger partial charge is 0.494 e. The van der Waals surface area contributed by atoms with Crippen LogP contribution in [0.25, 0.3) is 0 Å². The highest BCUT2D eigenvalue weighted by Gasteiger charge is 2.34. The zero-order valence-electron chi connectivity index (χ0n) is 17.4. The maximum absolute atomic E-state index is 12.8. The molecule has 0 saturated carbocycles. The predicted molar refractivity (Wildman–Crippen MR) is 114 cm³/mol. The minimum atomic E-state index is -4.62. The molecule has 0 heterocycles. The predicted octanol–water partition coefficient (Wildman–Crippen LogP) is 3.87. The van der Waals surface area contributed by atoms with Gasteiger partial charge in [-0.3, -0.25) is 9.59 Å². The van der Waals surface area contributed by atoms with Gasteiger partial charge in [0.15, 0.2) is 9.84 Å². The number of ether oxygens (including phenoxy) is 1. The van der Waals surface area contributed by atoms with E-state index in [-0.39, 0.29) is 12.1 Å². The zero-order chi connectivity index (χ0) is 23.9. The first-order chi connectivity index (χ1) is 15.0. The Kier molecular flexibility index (Phi) is 8.25. The van der Waals surface area contributed by atoms with Gasteiger partial charge in [-0.05, 0) is 55.8 Å². The standard InChI is InChI=1S/C21H23F3N2O5S/c1-3-18(20(28)26-16-7-5-6-14(12-16)21(22,23)24)32(29,30)13-19(27)25-15-8-10-17(11-9-15)31-4-2/h5-12,18H,3-4,13H2,1-2H3,(H,25,27)(H,26,28). The Balaban J connectivity index is 2.06. The molecule has 32 heavy (non-hydrogen) atoms. The lowest BCUT2D eigenvalue weighted by Gasteiger charge is -2.16. The lowest BCUT2D eigenvalue weighted by molar-refractivity contribution is -0.137. The summed E-state index contributed by atoms with van der Waals surface area (Å²) in [4.78, 5) is 24.7. The van der Waals surface area contributed by atoms with Crippen molar-refractivity contribution in [1.29, 1.82) is 0 Å². The average Bonchev–Trinajstić information content (AvgIpc) is 2.69. The third kappa shape index (κ3) is 6.98. The van der Waals surface area contributed by atoms with Gasteiger partial charge in [-0.1, -0.05) is 13.0 Å². The Hall–Kier alpha value is -3.08. The van der Waals surface area contributed by atoms with Crippen LogP contribution in [0.4, 0.5) is 24.5 Å². The molecular weight excluding hydrogens is 449 g/mol. The fraction of sp³-hybridized carbons (Fsp3) is 0.333. The molecule has 1 unspecified atom stereocenters. The van der Waals surface area contributed by atoms with Crippen LogP contribution in [-0.2, 0) is 25.6 Å². The Labute approximate surface area is 183 Å². The van der Waals surface area contributed by atoms with Gasteiger partial charge >= 0.3 is 6.18 Å². The molecule has 0 saturated heterocycles. The number of hydrogen-bond donors (Lipinski definition) is 2. The topological polar surface area (TPSA) is 102 Å². The van der Waals surface area contributed by atoms with Crippen molar-refractivity contribution in [2.75, 3.05) is 23.0 Å². The zero-order valence-corrected chi connectivity index (χ0v) is 18.2. The van der Waals surface area contributed by atoms with Crippen molar-refractivity contribution in [2.45, 2.75) is 31.7 Å². The number of nitrogens with one attached hydrogen (secondary N) is 2. The van der Waals surface area contributed by atoms with Gasteiger partial charge in [-0.25, -0.2) is 8.42 Å². The smallest absolute Gasteiger partial charge is 0.416 e. The Morgan fingerprint density at radius 3 is 2.22 bits per heavy atom. The molecule has 2 rings (SSSR count). The van der Waals surface area contributed by atoms with E-state index in [0.29, 0.717) is 24.1 Å². The molecule has 0 aliphatic rings. The highest BCUT2D eigenvalue weighted by atomic mass is 32.2. The first-order valence-electron chi connectivity index (χ1n) is 9.68. The molecule has 2 amide bonds. The molecule has 0 aromatic heterocycles. The summed E-state index contributed by atoms with van der Waals surface area (Å²) in [6, 6.07) is 10.1. The SMILES string of the molecule is CCOc1ccc(NC(=O)CS(=O)(=O)C(CC)C(=O)Nc2cccc(C(F)(F)F)c2)cc1. The van der Waals surface area contributed by atoms with Crippen LogP contribution in [0, 0.1) is 0 Å². The summed E-state index contributed by atoms with van der Waals surface area (Å²) in [6.07, 6.45) is -4.78. The van der Waals surface area contributed by atoms with Crippen LogP contribution < -0.4 is 15.4 Å². The van der Waals surface area contributed by atoms with Gasteiger partial charge < -0.3 is 15.4 Å². The van der Waals surface area contributed by atoms with Crippen molar-refractivity contribution in [1.82, 2.24) is 0 Å². The summed E-state index contributed by atoms with van der Waals surface area (Å²) in [6.45, 7) is 3.71.